The molecular weight excluding hydrogens is 441 g/mol. The predicted octanol–water partition coefficient (Wildman–Crippen LogP) is 2.93. The van der Waals surface area contributed by atoms with Crippen molar-refractivity contribution in [2.75, 3.05) is 11.9 Å². The summed E-state index contributed by atoms with van der Waals surface area (Å²) in [5.41, 5.74) is 2.08. The second-order valence-corrected chi connectivity index (χ2v) is 7.66. The van der Waals surface area contributed by atoms with Crippen LogP contribution in [0.1, 0.15) is 46.2 Å². The molecule has 0 atom stereocenters. The Hall–Kier alpha value is -4.26. The molecule has 0 aliphatic rings. The van der Waals surface area contributed by atoms with Crippen molar-refractivity contribution in [3.8, 4) is 6.07 Å². The monoisotopic (exact) mass is 465 g/mol. The molecule has 9 nitrogen and oxygen atoms in total. The molecule has 0 unspecified atom stereocenters. The zero-order chi connectivity index (χ0) is 24.8. The van der Waals surface area contributed by atoms with Gasteiger partial charge >= 0.3 is 5.97 Å². The lowest BCUT2D eigenvalue weighted by Crippen LogP contribution is -2.27. The molecule has 0 aliphatic carbocycles. The third-order valence-electron chi connectivity index (χ3n) is 5.30. The fourth-order valence-electron chi connectivity index (χ4n) is 3.40. The molecule has 2 heterocycles. The number of carbonyl (C=O) groups excluding carboxylic acids is 2. The van der Waals surface area contributed by atoms with Crippen molar-refractivity contribution in [3.63, 3.8) is 0 Å². The number of nitrogens with zero attached hydrogens (tertiary/aromatic N) is 4. The number of nitrogens with one attached hydrogen (secondary N) is 1. The minimum Gasteiger partial charge on any atom is -0.451 e. The summed E-state index contributed by atoms with van der Waals surface area (Å²) in [6.07, 6.45) is 0.658. The van der Waals surface area contributed by atoms with Crippen LogP contribution in [0.25, 0.3) is 0 Å². The van der Waals surface area contributed by atoms with Gasteiger partial charge in [0.1, 0.15) is 17.7 Å². The van der Waals surface area contributed by atoms with Gasteiger partial charge in [-0.05, 0) is 49.6 Å². The Kier molecular flexibility index (Phi) is 7.58. The summed E-state index contributed by atoms with van der Waals surface area (Å²) in [5.74, 6) is -1.60. The number of aryl methyl sites for hydroxylation is 1. The van der Waals surface area contributed by atoms with Crippen LogP contribution in [0.5, 0.6) is 0 Å². The van der Waals surface area contributed by atoms with Gasteiger partial charge in [-0.2, -0.15) is 10.4 Å². The second kappa shape index (κ2) is 10.6. The van der Waals surface area contributed by atoms with Gasteiger partial charge in [0, 0.05) is 24.8 Å². The number of hydrogen-bond donors (Lipinski definition) is 1. The Labute approximate surface area is 195 Å². The van der Waals surface area contributed by atoms with Gasteiger partial charge in [-0.25, -0.2) is 13.9 Å². The topological polar surface area (TPSA) is 119 Å². The van der Waals surface area contributed by atoms with Crippen LogP contribution < -0.4 is 10.9 Å². The number of hydrogen-bond acceptors (Lipinski definition) is 6. The maximum atomic E-state index is 13.3. The first kappa shape index (κ1) is 24.4. The summed E-state index contributed by atoms with van der Waals surface area (Å²) in [7, 11) is 0. The third kappa shape index (κ3) is 5.38. The lowest BCUT2D eigenvalue weighted by molar-refractivity contribution is -0.119. The zero-order valence-corrected chi connectivity index (χ0v) is 19.1. The van der Waals surface area contributed by atoms with E-state index in [0.29, 0.717) is 25.1 Å². The number of ether oxygens (including phenoxy) is 1. The highest BCUT2D eigenvalue weighted by molar-refractivity contribution is 5.95. The molecule has 0 saturated heterocycles. The molecule has 176 valence electrons. The molecule has 2 aromatic heterocycles. The van der Waals surface area contributed by atoms with Gasteiger partial charge in [0.25, 0.3) is 11.5 Å². The van der Waals surface area contributed by atoms with E-state index in [1.165, 1.54) is 24.3 Å². The van der Waals surface area contributed by atoms with E-state index in [1.807, 2.05) is 13.8 Å². The molecule has 3 rings (SSSR count). The standard InChI is InChI=1S/C24H24FN5O4/c1-4-11-30-22(32)10-9-20(28-30)24(33)34-14-21(31)27-23-19(12-26)15(2)16(3)29(23)13-17-5-7-18(25)8-6-17/h5-10H,4,11,13-14H2,1-3H3,(H,27,31). The Balaban J connectivity index is 1.75. The van der Waals surface area contributed by atoms with E-state index in [2.05, 4.69) is 16.5 Å². The van der Waals surface area contributed by atoms with Crippen LogP contribution in [-0.4, -0.2) is 32.8 Å². The Morgan fingerprint density at radius 1 is 1.18 bits per heavy atom. The van der Waals surface area contributed by atoms with Gasteiger partial charge in [0.15, 0.2) is 12.3 Å². The first-order valence-corrected chi connectivity index (χ1v) is 10.6. The van der Waals surface area contributed by atoms with Crippen molar-refractivity contribution >= 4 is 17.7 Å². The van der Waals surface area contributed by atoms with Crippen LogP contribution in [-0.2, 0) is 22.6 Å². The fraction of sp³-hybridized carbons (Fsp3) is 0.292. The van der Waals surface area contributed by atoms with Crippen molar-refractivity contribution in [3.05, 3.63) is 80.6 Å². The lowest BCUT2D eigenvalue weighted by Gasteiger charge is -2.13. The molecule has 34 heavy (non-hydrogen) atoms. The number of benzene rings is 1. The summed E-state index contributed by atoms with van der Waals surface area (Å²) < 4.78 is 21.2. The summed E-state index contributed by atoms with van der Waals surface area (Å²) in [4.78, 5) is 36.7. The molecule has 0 saturated carbocycles. The Morgan fingerprint density at radius 2 is 1.88 bits per heavy atom. The highest BCUT2D eigenvalue weighted by atomic mass is 19.1. The first-order valence-electron chi connectivity index (χ1n) is 10.6. The average Bonchev–Trinajstić information content (AvgIpc) is 3.04. The van der Waals surface area contributed by atoms with Crippen molar-refractivity contribution in [2.24, 2.45) is 0 Å². The van der Waals surface area contributed by atoms with E-state index in [9.17, 15) is 24.0 Å². The number of esters is 1. The van der Waals surface area contributed by atoms with E-state index in [1.54, 1.807) is 23.6 Å². The molecule has 1 N–H and O–H groups in total. The molecule has 0 bridgehead atoms. The molecule has 0 fully saturated rings. The molecule has 1 amide bonds. The highest BCUT2D eigenvalue weighted by Gasteiger charge is 2.21. The summed E-state index contributed by atoms with van der Waals surface area (Å²) in [5, 5.41) is 16.2. The summed E-state index contributed by atoms with van der Waals surface area (Å²) in [6, 6.07) is 10.5. The van der Waals surface area contributed by atoms with E-state index in [4.69, 9.17) is 4.74 Å². The second-order valence-electron chi connectivity index (χ2n) is 7.66. The van der Waals surface area contributed by atoms with Crippen molar-refractivity contribution in [1.82, 2.24) is 14.3 Å². The van der Waals surface area contributed by atoms with Crippen LogP contribution in [0.3, 0.4) is 0 Å². The van der Waals surface area contributed by atoms with Gasteiger partial charge in [-0.1, -0.05) is 19.1 Å². The van der Waals surface area contributed by atoms with E-state index in [0.717, 1.165) is 15.9 Å². The van der Waals surface area contributed by atoms with Crippen molar-refractivity contribution in [2.45, 2.75) is 40.3 Å². The number of anilines is 1. The normalized spacial score (nSPS) is 10.6. The molecule has 1 aromatic carbocycles. The number of aromatic nitrogens is 3. The van der Waals surface area contributed by atoms with Crippen LogP contribution in [0.15, 0.2) is 41.2 Å². The number of rotatable bonds is 8. The molecule has 0 radical (unpaired) electrons. The van der Waals surface area contributed by atoms with Crippen molar-refractivity contribution in [1.29, 1.82) is 5.26 Å². The van der Waals surface area contributed by atoms with Gasteiger partial charge in [0.05, 0.1) is 5.56 Å². The number of carbonyl (C=O) groups is 2. The third-order valence-corrected chi connectivity index (χ3v) is 5.30. The Morgan fingerprint density at radius 3 is 2.53 bits per heavy atom. The highest BCUT2D eigenvalue weighted by Crippen LogP contribution is 2.27. The summed E-state index contributed by atoms with van der Waals surface area (Å²) >= 11 is 0. The van der Waals surface area contributed by atoms with Gasteiger partial charge in [-0.15, -0.1) is 0 Å². The van der Waals surface area contributed by atoms with Gasteiger partial charge < -0.3 is 14.6 Å². The quantitative estimate of drug-likeness (QED) is 0.511. The van der Waals surface area contributed by atoms with Crippen LogP contribution in [0, 0.1) is 31.0 Å². The first-order chi connectivity index (χ1) is 16.2. The maximum Gasteiger partial charge on any atom is 0.359 e. The molecule has 10 heteroatoms. The zero-order valence-electron chi connectivity index (χ0n) is 19.1. The minimum atomic E-state index is -0.852. The SMILES string of the molecule is CCCn1nc(C(=O)OCC(=O)Nc2c(C#N)c(C)c(C)n2Cc2ccc(F)cc2)ccc1=O. The largest absolute Gasteiger partial charge is 0.451 e. The molecule has 0 spiro atoms. The fourth-order valence-corrected chi connectivity index (χ4v) is 3.40. The van der Waals surface area contributed by atoms with E-state index < -0.39 is 18.5 Å². The van der Waals surface area contributed by atoms with Gasteiger partial charge in [-0.3, -0.25) is 9.59 Å². The smallest absolute Gasteiger partial charge is 0.359 e. The molecule has 0 aliphatic heterocycles. The molecular formula is C24H24FN5O4. The molecule has 3 aromatic rings. The van der Waals surface area contributed by atoms with Crippen molar-refractivity contribution < 1.29 is 18.7 Å². The predicted molar refractivity (Wildman–Crippen MR) is 122 cm³/mol. The van der Waals surface area contributed by atoms with Gasteiger partial charge in [0.2, 0.25) is 0 Å². The van der Waals surface area contributed by atoms with Crippen LogP contribution in [0.4, 0.5) is 10.2 Å². The Bertz CT molecular complexity index is 1320. The maximum absolute atomic E-state index is 13.3. The lowest BCUT2D eigenvalue weighted by atomic mass is 10.2. The van der Waals surface area contributed by atoms with Crippen LogP contribution >= 0.6 is 0 Å². The van der Waals surface area contributed by atoms with E-state index >= 15 is 0 Å². The minimum absolute atomic E-state index is 0.0927. The summed E-state index contributed by atoms with van der Waals surface area (Å²) in [6.45, 7) is 5.48. The number of amides is 1. The van der Waals surface area contributed by atoms with E-state index in [-0.39, 0.29) is 28.5 Å². The average molecular weight is 465 g/mol. The number of halogens is 1. The van der Waals surface area contributed by atoms with Crippen LogP contribution in [0.2, 0.25) is 0 Å². The number of nitriles is 1.